The minimum Gasteiger partial charge on any atom is -0.484 e. The molecule has 1 aromatic rings. The third-order valence-electron chi connectivity index (χ3n) is 3.90. The number of primary amides is 1. The highest BCUT2D eigenvalue weighted by Gasteiger charge is 2.34. The molecule has 0 saturated carbocycles. The zero-order chi connectivity index (χ0) is 16.1. The van der Waals surface area contributed by atoms with Crippen LogP contribution in [0.5, 0.6) is 5.75 Å². The number of nitrogens with two attached hydrogens (primary N) is 1. The second kappa shape index (κ2) is 7.26. The number of ether oxygens (including phenoxy) is 1. The third-order valence-corrected chi connectivity index (χ3v) is 3.90. The molecule has 22 heavy (non-hydrogen) atoms. The van der Waals surface area contributed by atoms with E-state index in [-0.39, 0.29) is 12.5 Å². The van der Waals surface area contributed by atoms with Gasteiger partial charge in [0.2, 0.25) is 5.91 Å². The number of carbonyl (C=O) groups is 2. The number of amides is 2. The largest absolute Gasteiger partial charge is 0.484 e. The van der Waals surface area contributed by atoms with Crippen LogP contribution in [0.25, 0.3) is 0 Å². The summed E-state index contributed by atoms with van der Waals surface area (Å²) >= 11 is 0. The molecule has 1 heterocycles. The van der Waals surface area contributed by atoms with Crippen molar-refractivity contribution in [3.8, 4) is 5.75 Å². The van der Waals surface area contributed by atoms with Crippen LogP contribution in [-0.2, 0) is 9.59 Å². The molecule has 0 aromatic heterocycles. The minimum atomic E-state index is -0.594. The maximum Gasteiger partial charge on any atom is 0.261 e. The molecule has 0 spiro atoms. The molecule has 0 aliphatic carbocycles. The quantitative estimate of drug-likeness (QED) is 0.858. The Morgan fingerprint density at radius 3 is 2.55 bits per heavy atom. The first-order chi connectivity index (χ1) is 10.5. The second-order valence-corrected chi connectivity index (χ2v) is 5.70. The summed E-state index contributed by atoms with van der Waals surface area (Å²) in [5.41, 5.74) is 5.46. The van der Waals surface area contributed by atoms with Gasteiger partial charge in [-0.25, -0.2) is 0 Å². The van der Waals surface area contributed by atoms with Gasteiger partial charge in [-0.1, -0.05) is 18.2 Å². The highest BCUT2D eigenvalue weighted by Crippen LogP contribution is 2.14. The predicted octanol–water partition coefficient (Wildman–Crippen LogP) is 0.472. The van der Waals surface area contributed by atoms with E-state index in [0.29, 0.717) is 24.9 Å². The number of carbonyl (C=O) groups excluding carboxylic acids is 2. The summed E-state index contributed by atoms with van der Waals surface area (Å²) < 4.78 is 5.47. The molecule has 6 heteroatoms. The topological polar surface area (TPSA) is 75.9 Å². The average molecular weight is 305 g/mol. The maximum absolute atomic E-state index is 12.3. The van der Waals surface area contributed by atoms with E-state index in [1.165, 1.54) is 4.90 Å². The fourth-order valence-electron chi connectivity index (χ4n) is 2.56. The van der Waals surface area contributed by atoms with Gasteiger partial charge in [0.25, 0.3) is 5.91 Å². The van der Waals surface area contributed by atoms with Crippen LogP contribution in [0.1, 0.15) is 13.8 Å². The van der Waals surface area contributed by atoms with E-state index < -0.39 is 11.9 Å². The van der Waals surface area contributed by atoms with Crippen molar-refractivity contribution in [1.29, 1.82) is 0 Å². The fraction of sp³-hybridized carbons (Fsp3) is 0.500. The third kappa shape index (κ3) is 3.98. The molecule has 120 valence electrons. The van der Waals surface area contributed by atoms with Crippen molar-refractivity contribution in [2.24, 2.45) is 5.73 Å². The van der Waals surface area contributed by atoms with Crippen molar-refractivity contribution in [2.45, 2.75) is 25.9 Å². The van der Waals surface area contributed by atoms with Gasteiger partial charge in [0, 0.05) is 25.7 Å². The number of rotatable bonds is 5. The fourth-order valence-corrected chi connectivity index (χ4v) is 2.56. The number of hydrogen-bond acceptors (Lipinski definition) is 4. The van der Waals surface area contributed by atoms with Crippen molar-refractivity contribution in [1.82, 2.24) is 9.80 Å². The van der Waals surface area contributed by atoms with E-state index in [4.69, 9.17) is 10.5 Å². The molecule has 1 saturated heterocycles. The summed E-state index contributed by atoms with van der Waals surface area (Å²) in [4.78, 5) is 27.7. The lowest BCUT2D eigenvalue weighted by Crippen LogP contribution is -2.61. The Labute approximate surface area is 130 Å². The van der Waals surface area contributed by atoms with Crippen LogP contribution in [0.15, 0.2) is 30.3 Å². The first kappa shape index (κ1) is 16.3. The van der Waals surface area contributed by atoms with Gasteiger partial charge in [0.05, 0.1) is 0 Å². The molecular formula is C16H23N3O3. The van der Waals surface area contributed by atoms with Crippen LogP contribution in [-0.4, -0.2) is 59.9 Å². The predicted molar refractivity (Wildman–Crippen MR) is 83.3 cm³/mol. The van der Waals surface area contributed by atoms with Gasteiger partial charge in [0.15, 0.2) is 6.61 Å². The van der Waals surface area contributed by atoms with Gasteiger partial charge in [-0.2, -0.15) is 0 Å². The first-order valence-electron chi connectivity index (χ1n) is 7.49. The number of benzene rings is 1. The molecule has 1 fully saturated rings. The van der Waals surface area contributed by atoms with Crippen molar-refractivity contribution in [3.63, 3.8) is 0 Å². The van der Waals surface area contributed by atoms with Crippen LogP contribution in [0, 0.1) is 0 Å². The molecular weight excluding hydrogens is 282 g/mol. The standard InChI is InChI=1S/C16H23N3O3/c1-12(2)18-8-9-19(14(10-18)16(17)21)15(20)11-22-13-6-4-3-5-7-13/h3-7,12,14H,8-11H2,1-2H3,(H2,17,21). The number of nitrogens with zero attached hydrogens (tertiary/aromatic N) is 2. The van der Waals surface area contributed by atoms with Gasteiger partial charge < -0.3 is 15.4 Å². The van der Waals surface area contributed by atoms with E-state index in [2.05, 4.69) is 18.7 Å². The Hall–Kier alpha value is -2.08. The second-order valence-electron chi connectivity index (χ2n) is 5.70. The van der Waals surface area contributed by atoms with E-state index in [9.17, 15) is 9.59 Å². The van der Waals surface area contributed by atoms with Gasteiger partial charge in [-0.3, -0.25) is 14.5 Å². The van der Waals surface area contributed by atoms with Crippen LogP contribution >= 0.6 is 0 Å². The molecule has 2 rings (SSSR count). The van der Waals surface area contributed by atoms with Crippen LogP contribution in [0.3, 0.4) is 0 Å². The summed E-state index contributed by atoms with van der Waals surface area (Å²) in [5.74, 6) is -0.0539. The molecule has 2 N–H and O–H groups in total. The zero-order valence-electron chi connectivity index (χ0n) is 13.1. The molecule has 0 bridgehead atoms. The Bertz CT molecular complexity index is 519. The van der Waals surface area contributed by atoms with Crippen molar-refractivity contribution < 1.29 is 14.3 Å². The van der Waals surface area contributed by atoms with Gasteiger partial charge >= 0.3 is 0 Å². The van der Waals surface area contributed by atoms with E-state index in [0.717, 1.165) is 6.54 Å². The number of para-hydroxylation sites is 1. The SMILES string of the molecule is CC(C)N1CCN(C(=O)COc2ccccc2)C(C(N)=O)C1. The zero-order valence-corrected chi connectivity index (χ0v) is 13.1. The monoisotopic (exact) mass is 305 g/mol. The molecule has 6 nitrogen and oxygen atoms in total. The van der Waals surface area contributed by atoms with Crippen molar-refractivity contribution >= 4 is 11.8 Å². The lowest BCUT2D eigenvalue weighted by molar-refractivity contribution is -0.144. The first-order valence-corrected chi connectivity index (χ1v) is 7.49. The molecule has 1 aliphatic rings. The lowest BCUT2D eigenvalue weighted by Gasteiger charge is -2.41. The molecule has 1 unspecified atom stereocenters. The van der Waals surface area contributed by atoms with Crippen molar-refractivity contribution in [3.05, 3.63) is 30.3 Å². The van der Waals surface area contributed by atoms with Gasteiger partial charge in [-0.15, -0.1) is 0 Å². The maximum atomic E-state index is 12.3. The van der Waals surface area contributed by atoms with Crippen LogP contribution in [0.4, 0.5) is 0 Å². The lowest BCUT2D eigenvalue weighted by atomic mass is 10.1. The normalized spacial score (nSPS) is 19.2. The Kier molecular flexibility index (Phi) is 5.38. The van der Waals surface area contributed by atoms with Gasteiger partial charge in [-0.05, 0) is 26.0 Å². The Morgan fingerprint density at radius 1 is 1.27 bits per heavy atom. The number of hydrogen-bond donors (Lipinski definition) is 1. The van der Waals surface area contributed by atoms with Crippen LogP contribution < -0.4 is 10.5 Å². The molecule has 1 aromatic carbocycles. The van der Waals surface area contributed by atoms with E-state index in [1.54, 1.807) is 12.1 Å². The van der Waals surface area contributed by atoms with E-state index >= 15 is 0 Å². The van der Waals surface area contributed by atoms with E-state index in [1.807, 2.05) is 18.2 Å². The molecule has 0 radical (unpaired) electrons. The van der Waals surface area contributed by atoms with Crippen LogP contribution in [0.2, 0.25) is 0 Å². The Balaban J connectivity index is 1.97. The summed E-state index contributed by atoms with van der Waals surface area (Å²) in [5, 5.41) is 0. The highest BCUT2D eigenvalue weighted by atomic mass is 16.5. The van der Waals surface area contributed by atoms with Crippen molar-refractivity contribution in [2.75, 3.05) is 26.2 Å². The Morgan fingerprint density at radius 2 is 1.95 bits per heavy atom. The molecule has 1 atom stereocenters. The average Bonchev–Trinajstić information content (AvgIpc) is 2.52. The summed E-state index contributed by atoms with van der Waals surface area (Å²) in [7, 11) is 0. The smallest absolute Gasteiger partial charge is 0.261 e. The molecule has 1 aliphatic heterocycles. The minimum absolute atomic E-state index is 0.0878. The molecule has 2 amide bonds. The summed E-state index contributed by atoms with van der Waals surface area (Å²) in [6.45, 7) is 5.74. The summed E-state index contributed by atoms with van der Waals surface area (Å²) in [6.07, 6.45) is 0. The van der Waals surface area contributed by atoms with Gasteiger partial charge in [0.1, 0.15) is 11.8 Å². The number of piperazine rings is 1. The highest BCUT2D eigenvalue weighted by molar-refractivity contribution is 5.87. The summed E-state index contributed by atoms with van der Waals surface area (Å²) in [6, 6.07) is 8.86.